The molecule has 2 rings (SSSR count). The van der Waals surface area contributed by atoms with Crippen LogP contribution in [0.25, 0.3) is 0 Å². The number of aromatic hydroxyl groups is 3. The fraction of sp³-hybridized carbons (Fsp3) is 0.455. The maximum Gasteiger partial charge on any atom is 0.127 e. The molecule has 1 aliphatic carbocycles. The number of hydrogen-bond donors (Lipinski definition) is 4. The largest absolute Gasteiger partial charge is 0.508 e. The van der Waals surface area contributed by atoms with Crippen LogP contribution >= 0.6 is 0 Å². The third-order valence-corrected chi connectivity index (χ3v) is 2.78. The van der Waals surface area contributed by atoms with E-state index in [2.05, 4.69) is 0 Å². The molecule has 1 aromatic carbocycles. The highest BCUT2D eigenvalue weighted by molar-refractivity contribution is 5.50. The molecular formula is C11H15NO3. The monoisotopic (exact) mass is 209 g/mol. The average molecular weight is 209 g/mol. The smallest absolute Gasteiger partial charge is 0.127 e. The Bertz CT molecular complexity index is 351. The Morgan fingerprint density at radius 1 is 1.20 bits per heavy atom. The van der Waals surface area contributed by atoms with Crippen LogP contribution in [-0.2, 0) is 0 Å². The summed E-state index contributed by atoms with van der Waals surface area (Å²) in [6.07, 6.45) is 3.12. The first kappa shape index (κ1) is 10.1. The van der Waals surface area contributed by atoms with Crippen LogP contribution in [0.4, 0.5) is 0 Å². The molecule has 0 spiro atoms. The van der Waals surface area contributed by atoms with Gasteiger partial charge in [-0.1, -0.05) is 12.8 Å². The maximum absolute atomic E-state index is 9.58. The van der Waals surface area contributed by atoms with Gasteiger partial charge in [0.15, 0.2) is 0 Å². The van der Waals surface area contributed by atoms with E-state index in [0.29, 0.717) is 11.5 Å². The van der Waals surface area contributed by atoms with Crippen LogP contribution < -0.4 is 5.73 Å². The predicted octanol–water partition coefficient (Wildman–Crippen LogP) is 1.60. The van der Waals surface area contributed by atoms with Crippen molar-refractivity contribution in [2.45, 2.75) is 25.3 Å². The second-order valence-electron chi connectivity index (χ2n) is 4.18. The van der Waals surface area contributed by atoms with Crippen molar-refractivity contribution in [3.63, 3.8) is 0 Å². The summed E-state index contributed by atoms with van der Waals surface area (Å²) in [6.45, 7) is 0. The molecule has 15 heavy (non-hydrogen) atoms. The van der Waals surface area contributed by atoms with Crippen molar-refractivity contribution in [1.82, 2.24) is 0 Å². The molecule has 0 aromatic heterocycles. The Kier molecular flexibility index (Phi) is 2.44. The second kappa shape index (κ2) is 3.62. The van der Waals surface area contributed by atoms with E-state index in [4.69, 9.17) is 10.8 Å². The van der Waals surface area contributed by atoms with Crippen molar-refractivity contribution >= 4 is 0 Å². The first-order chi connectivity index (χ1) is 7.08. The summed E-state index contributed by atoms with van der Waals surface area (Å²) < 4.78 is 0. The van der Waals surface area contributed by atoms with Gasteiger partial charge in [-0.15, -0.1) is 0 Å². The van der Waals surface area contributed by atoms with Gasteiger partial charge in [0.25, 0.3) is 0 Å². The number of phenolic OH excluding ortho intramolecular Hbond substituents is 3. The zero-order valence-electron chi connectivity index (χ0n) is 8.35. The molecule has 0 radical (unpaired) electrons. The highest BCUT2D eigenvalue weighted by Crippen LogP contribution is 2.42. The van der Waals surface area contributed by atoms with Crippen LogP contribution in [0.1, 0.15) is 30.9 Å². The van der Waals surface area contributed by atoms with E-state index in [0.717, 1.165) is 6.42 Å². The van der Waals surface area contributed by atoms with Crippen LogP contribution in [0.5, 0.6) is 17.2 Å². The molecule has 1 aromatic rings. The van der Waals surface area contributed by atoms with Crippen LogP contribution in [0.15, 0.2) is 12.1 Å². The van der Waals surface area contributed by atoms with E-state index >= 15 is 0 Å². The molecule has 4 nitrogen and oxygen atoms in total. The summed E-state index contributed by atoms with van der Waals surface area (Å²) in [5.41, 5.74) is 6.22. The number of nitrogens with two attached hydrogens (primary N) is 1. The summed E-state index contributed by atoms with van der Waals surface area (Å²) in [5.74, 6) is 0.182. The third-order valence-electron chi connectivity index (χ3n) is 2.78. The van der Waals surface area contributed by atoms with E-state index in [-0.39, 0.29) is 23.3 Å². The lowest BCUT2D eigenvalue weighted by Crippen LogP contribution is -2.11. The molecule has 82 valence electrons. The first-order valence-electron chi connectivity index (χ1n) is 5.08. The molecule has 1 saturated carbocycles. The quantitative estimate of drug-likeness (QED) is 0.609. The van der Waals surface area contributed by atoms with E-state index in [1.165, 1.54) is 25.0 Å². The zero-order chi connectivity index (χ0) is 11.0. The second-order valence-corrected chi connectivity index (χ2v) is 4.18. The van der Waals surface area contributed by atoms with Crippen molar-refractivity contribution in [3.05, 3.63) is 17.7 Å². The fourth-order valence-corrected chi connectivity index (χ4v) is 1.82. The molecule has 0 bridgehead atoms. The lowest BCUT2D eigenvalue weighted by atomic mass is 10.00. The Balaban J connectivity index is 2.24. The van der Waals surface area contributed by atoms with Crippen LogP contribution in [0.2, 0.25) is 0 Å². The Labute approximate surface area is 88.0 Å². The lowest BCUT2D eigenvalue weighted by Gasteiger charge is -2.15. The minimum absolute atomic E-state index is 0.138. The fourth-order valence-electron chi connectivity index (χ4n) is 1.82. The molecule has 1 aliphatic rings. The molecule has 5 N–H and O–H groups in total. The van der Waals surface area contributed by atoms with Crippen molar-refractivity contribution in [2.75, 3.05) is 0 Å². The molecule has 0 amide bonds. The van der Waals surface area contributed by atoms with E-state index in [1.807, 2.05) is 0 Å². The number of phenols is 3. The van der Waals surface area contributed by atoms with Gasteiger partial charge in [-0.25, -0.2) is 0 Å². The maximum atomic E-state index is 9.58. The van der Waals surface area contributed by atoms with Gasteiger partial charge in [-0.2, -0.15) is 0 Å². The summed E-state index contributed by atoms with van der Waals surface area (Å²) in [6, 6.07) is 2.03. The van der Waals surface area contributed by atoms with Gasteiger partial charge in [-0.3, -0.25) is 0 Å². The standard InChI is InChI=1S/C11H15NO3/c12-8(3-6-1-2-6)11-9(14)4-7(13)5-10(11)15/h4-6,8,13-15H,1-3,12H2/t8-/m1/s1. The van der Waals surface area contributed by atoms with E-state index in [1.54, 1.807) is 0 Å². The van der Waals surface area contributed by atoms with Crippen molar-refractivity contribution in [1.29, 1.82) is 0 Å². The van der Waals surface area contributed by atoms with E-state index in [9.17, 15) is 10.2 Å². The highest BCUT2D eigenvalue weighted by Gasteiger charge is 2.27. The van der Waals surface area contributed by atoms with Gasteiger partial charge >= 0.3 is 0 Å². The van der Waals surface area contributed by atoms with Crippen molar-refractivity contribution < 1.29 is 15.3 Å². The van der Waals surface area contributed by atoms with Crippen molar-refractivity contribution in [3.8, 4) is 17.2 Å². The molecule has 0 unspecified atom stereocenters. The number of rotatable bonds is 3. The summed E-state index contributed by atoms with van der Waals surface area (Å²) >= 11 is 0. The molecule has 1 atom stereocenters. The molecule has 0 heterocycles. The normalized spacial score (nSPS) is 17.7. The van der Waals surface area contributed by atoms with Crippen LogP contribution in [-0.4, -0.2) is 15.3 Å². The lowest BCUT2D eigenvalue weighted by molar-refractivity contribution is 0.407. The van der Waals surface area contributed by atoms with Gasteiger partial charge in [0, 0.05) is 18.2 Å². The average Bonchev–Trinajstić information content (AvgIpc) is 2.85. The topological polar surface area (TPSA) is 86.7 Å². The van der Waals surface area contributed by atoms with Gasteiger partial charge in [-0.05, 0) is 12.3 Å². The summed E-state index contributed by atoms with van der Waals surface area (Å²) in [5, 5.41) is 28.3. The number of hydrogen-bond acceptors (Lipinski definition) is 4. The third kappa shape index (κ3) is 2.15. The Hall–Kier alpha value is -1.42. The zero-order valence-corrected chi connectivity index (χ0v) is 8.35. The molecule has 0 saturated heterocycles. The SMILES string of the molecule is N[C@H](CC1CC1)c1c(O)cc(O)cc1O. The highest BCUT2D eigenvalue weighted by atomic mass is 16.3. The number of benzene rings is 1. The first-order valence-corrected chi connectivity index (χ1v) is 5.08. The predicted molar refractivity (Wildman–Crippen MR) is 55.7 cm³/mol. The van der Waals surface area contributed by atoms with Gasteiger partial charge in [0.05, 0.1) is 5.56 Å². The van der Waals surface area contributed by atoms with Crippen molar-refractivity contribution in [2.24, 2.45) is 11.7 Å². The van der Waals surface area contributed by atoms with Gasteiger partial charge < -0.3 is 21.1 Å². The molecular weight excluding hydrogens is 194 g/mol. The Morgan fingerprint density at radius 2 is 1.73 bits per heavy atom. The minimum atomic E-state index is -0.363. The molecule has 0 aliphatic heterocycles. The van der Waals surface area contributed by atoms with Gasteiger partial charge in [0.1, 0.15) is 17.2 Å². The summed E-state index contributed by atoms with van der Waals surface area (Å²) in [4.78, 5) is 0. The molecule has 4 heteroatoms. The summed E-state index contributed by atoms with van der Waals surface area (Å²) in [7, 11) is 0. The Morgan fingerprint density at radius 3 is 2.20 bits per heavy atom. The van der Waals surface area contributed by atoms with Crippen LogP contribution in [0, 0.1) is 5.92 Å². The van der Waals surface area contributed by atoms with E-state index < -0.39 is 0 Å². The minimum Gasteiger partial charge on any atom is -0.508 e. The molecule has 1 fully saturated rings. The van der Waals surface area contributed by atoms with Crippen LogP contribution in [0.3, 0.4) is 0 Å². The van der Waals surface area contributed by atoms with Gasteiger partial charge in [0.2, 0.25) is 0 Å².